The Morgan fingerprint density at radius 1 is 1.19 bits per heavy atom. The van der Waals surface area contributed by atoms with Gasteiger partial charge in [-0.05, 0) is 39.2 Å². The van der Waals surface area contributed by atoms with Gasteiger partial charge in [-0.25, -0.2) is 4.98 Å². The molecule has 3 heteroatoms. The van der Waals surface area contributed by atoms with Crippen LogP contribution in [0.4, 0.5) is 0 Å². The summed E-state index contributed by atoms with van der Waals surface area (Å²) < 4.78 is 0. The van der Waals surface area contributed by atoms with Crippen molar-refractivity contribution < 1.29 is 0 Å². The highest BCUT2D eigenvalue weighted by Gasteiger charge is 2.19. The van der Waals surface area contributed by atoms with Crippen LogP contribution in [0.5, 0.6) is 0 Å². The van der Waals surface area contributed by atoms with Crippen LogP contribution in [0.15, 0.2) is 0 Å². The van der Waals surface area contributed by atoms with Crippen LogP contribution in [-0.4, -0.2) is 17.6 Å². The molecule has 0 radical (unpaired) electrons. The van der Waals surface area contributed by atoms with Crippen molar-refractivity contribution in [3.8, 4) is 0 Å². The van der Waals surface area contributed by atoms with E-state index in [1.54, 1.807) is 0 Å². The van der Waals surface area contributed by atoms with E-state index in [0.29, 0.717) is 6.04 Å². The molecule has 1 unspecified atom stereocenters. The molecule has 120 valence electrons. The number of hydrogen-bond donors (Lipinski definition) is 1. The number of thiazole rings is 1. The SMILES string of the molecule is CCCNC(Cc1nc(C)c(C)s1)CC1CCCCCC1. The fourth-order valence-corrected chi connectivity index (χ4v) is 4.44. The maximum Gasteiger partial charge on any atom is 0.0946 e. The molecule has 1 saturated carbocycles. The van der Waals surface area contributed by atoms with Gasteiger partial charge < -0.3 is 5.32 Å². The molecule has 0 amide bonds. The summed E-state index contributed by atoms with van der Waals surface area (Å²) in [4.78, 5) is 6.13. The van der Waals surface area contributed by atoms with Crippen LogP contribution in [-0.2, 0) is 6.42 Å². The predicted octanol–water partition coefficient (Wildman–Crippen LogP) is 5.03. The summed E-state index contributed by atoms with van der Waals surface area (Å²) in [5.41, 5.74) is 1.22. The first kappa shape index (κ1) is 17.0. The average Bonchev–Trinajstić information content (AvgIpc) is 2.68. The van der Waals surface area contributed by atoms with E-state index < -0.39 is 0 Å². The standard InChI is InChI=1S/C18H32N2S/c1-4-11-19-17(12-16-9-7-5-6-8-10-16)13-18-20-14(2)15(3)21-18/h16-17,19H,4-13H2,1-3H3. The van der Waals surface area contributed by atoms with Crippen LogP contribution in [0, 0.1) is 19.8 Å². The Bertz CT molecular complexity index is 386. The second kappa shape index (κ2) is 8.89. The van der Waals surface area contributed by atoms with Crippen LogP contribution in [0.25, 0.3) is 0 Å². The molecule has 0 aliphatic heterocycles. The van der Waals surface area contributed by atoms with Gasteiger partial charge in [-0.1, -0.05) is 45.4 Å². The quantitative estimate of drug-likeness (QED) is 0.714. The summed E-state index contributed by atoms with van der Waals surface area (Å²) in [7, 11) is 0. The lowest BCUT2D eigenvalue weighted by Crippen LogP contribution is -2.33. The highest BCUT2D eigenvalue weighted by Crippen LogP contribution is 2.28. The summed E-state index contributed by atoms with van der Waals surface area (Å²) in [6.45, 7) is 7.72. The second-order valence-corrected chi connectivity index (χ2v) is 7.99. The number of aromatic nitrogens is 1. The van der Waals surface area contributed by atoms with Gasteiger partial charge >= 0.3 is 0 Å². The molecule has 1 N–H and O–H groups in total. The number of hydrogen-bond acceptors (Lipinski definition) is 3. The molecule has 1 atom stereocenters. The van der Waals surface area contributed by atoms with E-state index in [4.69, 9.17) is 4.98 Å². The van der Waals surface area contributed by atoms with Gasteiger partial charge in [0.2, 0.25) is 0 Å². The number of nitrogens with zero attached hydrogens (tertiary/aromatic N) is 1. The van der Waals surface area contributed by atoms with Crippen molar-refractivity contribution in [3.63, 3.8) is 0 Å². The summed E-state index contributed by atoms with van der Waals surface area (Å²) >= 11 is 1.89. The first-order valence-electron chi connectivity index (χ1n) is 8.85. The normalized spacial score (nSPS) is 18.6. The van der Waals surface area contributed by atoms with Crippen LogP contribution < -0.4 is 5.32 Å². The molecule has 2 rings (SSSR count). The summed E-state index contributed by atoms with van der Waals surface area (Å²) in [6, 6.07) is 0.623. The fourth-order valence-electron chi connectivity index (χ4n) is 3.43. The average molecular weight is 309 g/mol. The molecular formula is C18H32N2S. The van der Waals surface area contributed by atoms with E-state index in [0.717, 1.165) is 18.9 Å². The minimum absolute atomic E-state index is 0.623. The topological polar surface area (TPSA) is 24.9 Å². The Morgan fingerprint density at radius 3 is 2.48 bits per heavy atom. The first-order chi connectivity index (χ1) is 10.2. The van der Waals surface area contributed by atoms with Gasteiger partial charge in [-0.3, -0.25) is 0 Å². The van der Waals surface area contributed by atoms with Crippen molar-refractivity contribution in [2.24, 2.45) is 5.92 Å². The third-order valence-electron chi connectivity index (χ3n) is 4.77. The monoisotopic (exact) mass is 308 g/mol. The molecule has 0 aromatic carbocycles. The number of rotatable bonds is 7. The van der Waals surface area contributed by atoms with Gasteiger partial charge in [-0.15, -0.1) is 11.3 Å². The molecule has 0 saturated heterocycles. The predicted molar refractivity (Wildman–Crippen MR) is 93.2 cm³/mol. The highest BCUT2D eigenvalue weighted by molar-refractivity contribution is 7.11. The molecule has 1 fully saturated rings. The van der Waals surface area contributed by atoms with Gasteiger partial charge in [-0.2, -0.15) is 0 Å². The third-order valence-corrected chi connectivity index (χ3v) is 5.86. The lowest BCUT2D eigenvalue weighted by molar-refractivity contribution is 0.349. The van der Waals surface area contributed by atoms with Crippen LogP contribution in [0.1, 0.15) is 73.9 Å². The largest absolute Gasteiger partial charge is 0.314 e. The molecule has 21 heavy (non-hydrogen) atoms. The van der Waals surface area contributed by atoms with Gasteiger partial charge in [0.05, 0.1) is 10.7 Å². The van der Waals surface area contributed by atoms with E-state index in [-0.39, 0.29) is 0 Å². The van der Waals surface area contributed by atoms with Gasteiger partial charge in [0.25, 0.3) is 0 Å². The van der Waals surface area contributed by atoms with Gasteiger partial charge in [0, 0.05) is 17.3 Å². The van der Waals surface area contributed by atoms with Crippen molar-refractivity contribution in [1.29, 1.82) is 0 Å². The fraction of sp³-hybridized carbons (Fsp3) is 0.833. The second-order valence-electron chi connectivity index (χ2n) is 6.70. The molecule has 1 heterocycles. The molecule has 1 aliphatic rings. The van der Waals surface area contributed by atoms with Crippen molar-refractivity contribution in [2.75, 3.05) is 6.54 Å². The molecule has 1 aromatic heterocycles. The third kappa shape index (κ3) is 5.71. The molecule has 2 nitrogen and oxygen atoms in total. The Kier molecular flexibility index (Phi) is 7.18. The van der Waals surface area contributed by atoms with Gasteiger partial charge in [0.1, 0.15) is 0 Å². The summed E-state index contributed by atoms with van der Waals surface area (Å²) in [5.74, 6) is 0.934. The maximum absolute atomic E-state index is 4.75. The zero-order chi connectivity index (χ0) is 15.1. The van der Waals surface area contributed by atoms with E-state index in [1.807, 2.05) is 11.3 Å². The van der Waals surface area contributed by atoms with Crippen LogP contribution in [0.3, 0.4) is 0 Å². The van der Waals surface area contributed by atoms with Crippen molar-refractivity contribution in [1.82, 2.24) is 10.3 Å². The lowest BCUT2D eigenvalue weighted by atomic mass is 9.91. The van der Waals surface area contributed by atoms with E-state index in [9.17, 15) is 0 Å². The lowest BCUT2D eigenvalue weighted by Gasteiger charge is -2.23. The molecule has 0 bridgehead atoms. The van der Waals surface area contributed by atoms with E-state index in [1.165, 1.54) is 66.9 Å². The van der Waals surface area contributed by atoms with Crippen molar-refractivity contribution in [3.05, 3.63) is 15.6 Å². The smallest absolute Gasteiger partial charge is 0.0946 e. The van der Waals surface area contributed by atoms with Crippen molar-refractivity contribution in [2.45, 2.75) is 84.6 Å². The van der Waals surface area contributed by atoms with Crippen LogP contribution in [0.2, 0.25) is 0 Å². The zero-order valence-electron chi connectivity index (χ0n) is 14.1. The highest BCUT2D eigenvalue weighted by atomic mass is 32.1. The van der Waals surface area contributed by atoms with Crippen LogP contribution >= 0.6 is 11.3 Å². The minimum Gasteiger partial charge on any atom is -0.314 e. The first-order valence-corrected chi connectivity index (χ1v) is 9.67. The Morgan fingerprint density at radius 2 is 1.90 bits per heavy atom. The molecule has 1 aromatic rings. The Labute approximate surface area is 134 Å². The maximum atomic E-state index is 4.75. The number of nitrogens with one attached hydrogen (secondary N) is 1. The van der Waals surface area contributed by atoms with Gasteiger partial charge in [0.15, 0.2) is 0 Å². The zero-order valence-corrected chi connectivity index (χ0v) is 14.9. The van der Waals surface area contributed by atoms with E-state index >= 15 is 0 Å². The molecule has 1 aliphatic carbocycles. The summed E-state index contributed by atoms with van der Waals surface area (Å²) in [5, 5.41) is 5.11. The van der Waals surface area contributed by atoms with E-state index in [2.05, 4.69) is 26.1 Å². The van der Waals surface area contributed by atoms with Crippen molar-refractivity contribution >= 4 is 11.3 Å². The Hall–Kier alpha value is -0.410. The summed E-state index contributed by atoms with van der Waals surface area (Å²) in [6.07, 6.45) is 12.4. The minimum atomic E-state index is 0.623. The molecular weight excluding hydrogens is 276 g/mol. The molecule has 0 spiro atoms. The number of aryl methyl sites for hydroxylation is 2. The Balaban J connectivity index is 1.92.